The minimum atomic E-state index is 0.381. The number of rotatable bonds is 6. The van der Waals surface area contributed by atoms with Gasteiger partial charge < -0.3 is 15.8 Å². The molecule has 7 nitrogen and oxygen atoms in total. The third-order valence-corrected chi connectivity index (χ3v) is 6.08. The number of aromatic nitrogens is 4. The van der Waals surface area contributed by atoms with Crippen molar-refractivity contribution in [1.82, 2.24) is 19.9 Å². The van der Waals surface area contributed by atoms with Crippen LogP contribution < -0.4 is 15.8 Å². The molecule has 0 bridgehead atoms. The van der Waals surface area contributed by atoms with Gasteiger partial charge in [-0.2, -0.15) is 0 Å². The van der Waals surface area contributed by atoms with Crippen molar-refractivity contribution >= 4 is 33.3 Å². The Morgan fingerprint density at radius 1 is 0.912 bits per heavy atom. The lowest BCUT2D eigenvalue weighted by Crippen LogP contribution is -2.07. The number of nitrogens with zero attached hydrogens (tertiary/aromatic N) is 4. The molecule has 5 rings (SSSR count). The molecule has 0 fully saturated rings. The Kier molecular flexibility index (Phi) is 5.67. The highest BCUT2D eigenvalue weighted by Crippen LogP contribution is 2.28. The second kappa shape index (κ2) is 8.94. The molecule has 0 radical (unpaired) electrons. The number of aryl methyl sites for hydroxylation is 3. The van der Waals surface area contributed by atoms with E-state index in [2.05, 4.69) is 70.3 Å². The van der Waals surface area contributed by atoms with Gasteiger partial charge in [-0.25, -0.2) is 15.0 Å². The van der Waals surface area contributed by atoms with Crippen molar-refractivity contribution in [2.75, 3.05) is 11.1 Å². The van der Waals surface area contributed by atoms with Crippen LogP contribution in [0.2, 0.25) is 0 Å². The average Bonchev–Trinajstić information content (AvgIpc) is 2.83. The first-order valence-electron chi connectivity index (χ1n) is 11.2. The lowest BCUT2D eigenvalue weighted by Gasteiger charge is -2.15. The van der Waals surface area contributed by atoms with Gasteiger partial charge in [0, 0.05) is 41.3 Å². The molecular weight excluding hydrogens is 424 g/mol. The van der Waals surface area contributed by atoms with Gasteiger partial charge in [-0.15, -0.1) is 0 Å². The largest absolute Gasteiger partial charge is 0.473 e. The van der Waals surface area contributed by atoms with E-state index in [1.54, 1.807) is 6.20 Å². The maximum atomic E-state index is 6.07. The number of fused-ring (bicyclic) bond motifs is 2. The van der Waals surface area contributed by atoms with Gasteiger partial charge in [-0.05, 0) is 73.2 Å². The molecule has 0 atom stereocenters. The van der Waals surface area contributed by atoms with E-state index in [9.17, 15) is 0 Å². The molecule has 0 aliphatic rings. The molecule has 2 aromatic carbocycles. The summed E-state index contributed by atoms with van der Waals surface area (Å²) in [7, 11) is 0. The molecule has 0 aliphatic carbocycles. The standard InChI is InChI=1S/C27H26N6O/c1-16-4-5-24-20(8-16)10-19(12-30-24)14-34-26-11-25(32-15-33-26)31-13-23-17(2)9-22-21(18(23)3)6-7-29-27(22)28/h4-12,15H,13-14H2,1-3H3,(H2,28,29)(H,31,32,33). The quantitative estimate of drug-likeness (QED) is 0.363. The highest BCUT2D eigenvalue weighted by Gasteiger charge is 2.11. The minimum absolute atomic E-state index is 0.381. The second-order valence-corrected chi connectivity index (χ2v) is 8.51. The monoisotopic (exact) mass is 450 g/mol. The van der Waals surface area contributed by atoms with Crippen LogP contribution in [0.5, 0.6) is 5.88 Å². The van der Waals surface area contributed by atoms with Crippen LogP contribution in [0.25, 0.3) is 21.7 Å². The van der Waals surface area contributed by atoms with Gasteiger partial charge in [-0.3, -0.25) is 4.98 Å². The minimum Gasteiger partial charge on any atom is -0.473 e. The molecule has 0 saturated heterocycles. The van der Waals surface area contributed by atoms with Gasteiger partial charge in [0.05, 0.1) is 5.52 Å². The van der Waals surface area contributed by atoms with Crippen molar-refractivity contribution < 1.29 is 4.74 Å². The van der Waals surface area contributed by atoms with E-state index in [4.69, 9.17) is 10.5 Å². The number of nitrogen functional groups attached to an aromatic ring is 1. The van der Waals surface area contributed by atoms with E-state index in [0.717, 1.165) is 32.8 Å². The lowest BCUT2D eigenvalue weighted by atomic mass is 9.96. The summed E-state index contributed by atoms with van der Waals surface area (Å²) in [6.07, 6.45) is 5.09. The Labute approximate surface area is 198 Å². The molecule has 0 spiro atoms. The van der Waals surface area contributed by atoms with Crippen molar-refractivity contribution in [3.8, 4) is 5.88 Å². The SMILES string of the molecule is Cc1ccc2ncc(COc3cc(NCc4c(C)cc5c(N)nccc5c4C)ncn3)cc2c1. The number of ether oxygens (including phenoxy) is 1. The molecule has 3 heterocycles. The summed E-state index contributed by atoms with van der Waals surface area (Å²) in [6, 6.07) is 14.2. The summed E-state index contributed by atoms with van der Waals surface area (Å²) in [4.78, 5) is 17.3. The topological polar surface area (TPSA) is 98.8 Å². The van der Waals surface area contributed by atoms with E-state index in [0.29, 0.717) is 30.7 Å². The number of hydrogen-bond acceptors (Lipinski definition) is 7. The van der Waals surface area contributed by atoms with Crippen LogP contribution in [-0.2, 0) is 13.2 Å². The van der Waals surface area contributed by atoms with Crippen LogP contribution in [0.15, 0.2) is 61.2 Å². The second-order valence-electron chi connectivity index (χ2n) is 8.51. The first kappa shape index (κ1) is 21.6. The van der Waals surface area contributed by atoms with E-state index in [1.165, 1.54) is 23.0 Å². The van der Waals surface area contributed by atoms with Crippen LogP contribution in [0, 0.1) is 20.8 Å². The molecule has 5 aromatic rings. The number of anilines is 2. The van der Waals surface area contributed by atoms with Crippen LogP contribution >= 0.6 is 0 Å². The molecule has 3 aromatic heterocycles. The van der Waals surface area contributed by atoms with Gasteiger partial charge in [0.1, 0.15) is 24.6 Å². The third kappa shape index (κ3) is 4.32. The van der Waals surface area contributed by atoms with Crippen LogP contribution in [0.3, 0.4) is 0 Å². The van der Waals surface area contributed by atoms with E-state index >= 15 is 0 Å². The zero-order chi connectivity index (χ0) is 23.7. The maximum absolute atomic E-state index is 6.07. The zero-order valence-corrected chi connectivity index (χ0v) is 19.5. The van der Waals surface area contributed by atoms with Gasteiger partial charge in [0.25, 0.3) is 0 Å². The highest BCUT2D eigenvalue weighted by atomic mass is 16.5. The number of pyridine rings is 2. The molecule has 170 valence electrons. The predicted octanol–water partition coefficient (Wildman–Crippen LogP) is 5.27. The Balaban J connectivity index is 1.29. The fourth-order valence-corrected chi connectivity index (χ4v) is 4.23. The normalized spacial score (nSPS) is 11.1. The van der Waals surface area contributed by atoms with Crippen molar-refractivity contribution in [3.63, 3.8) is 0 Å². The Morgan fingerprint density at radius 2 is 1.79 bits per heavy atom. The Morgan fingerprint density at radius 3 is 2.68 bits per heavy atom. The first-order valence-corrected chi connectivity index (χ1v) is 11.2. The molecule has 34 heavy (non-hydrogen) atoms. The van der Waals surface area contributed by atoms with Gasteiger partial charge in [0.2, 0.25) is 5.88 Å². The predicted molar refractivity (Wildman–Crippen MR) is 136 cm³/mol. The molecule has 7 heteroatoms. The summed E-state index contributed by atoms with van der Waals surface area (Å²) in [5, 5.41) is 6.60. The summed E-state index contributed by atoms with van der Waals surface area (Å²) in [5.41, 5.74) is 12.8. The number of nitrogens with two attached hydrogens (primary N) is 1. The van der Waals surface area contributed by atoms with E-state index in [1.807, 2.05) is 24.4 Å². The summed E-state index contributed by atoms with van der Waals surface area (Å²) in [6.45, 7) is 7.28. The van der Waals surface area contributed by atoms with Crippen molar-refractivity contribution in [3.05, 3.63) is 89.0 Å². The summed E-state index contributed by atoms with van der Waals surface area (Å²) < 4.78 is 5.93. The van der Waals surface area contributed by atoms with Gasteiger partial charge in [-0.1, -0.05) is 11.6 Å². The summed E-state index contributed by atoms with van der Waals surface area (Å²) >= 11 is 0. The van der Waals surface area contributed by atoms with E-state index in [-0.39, 0.29) is 0 Å². The third-order valence-electron chi connectivity index (χ3n) is 6.08. The molecular formula is C27H26N6O. The summed E-state index contributed by atoms with van der Waals surface area (Å²) in [5.74, 6) is 1.76. The smallest absolute Gasteiger partial charge is 0.218 e. The number of benzene rings is 2. The van der Waals surface area contributed by atoms with Crippen molar-refractivity contribution in [1.29, 1.82) is 0 Å². The Hall–Kier alpha value is -4.26. The molecule has 0 aliphatic heterocycles. The average molecular weight is 451 g/mol. The van der Waals surface area contributed by atoms with Gasteiger partial charge in [0.15, 0.2) is 0 Å². The number of hydrogen-bond donors (Lipinski definition) is 2. The van der Waals surface area contributed by atoms with Crippen LogP contribution in [0.1, 0.15) is 27.8 Å². The zero-order valence-electron chi connectivity index (χ0n) is 19.5. The maximum Gasteiger partial charge on any atom is 0.218 e. The van der Waals surface area contributed by atoms with Crippen molar-refractivity contribution in [2.45, 2.75) is 33.9 Å². The van der Waals surface area contributed by atoms with Crippen LogP contribution in [0.4, 0.5) is 11.6 Å². The molecule has 0 saturated carbocycles. The molecule has 0 amide bonds. The molecule has 3 N–H and O–H groups in total. The molecule has 0 unspecified atom stereocenters. The van der Waals surface area contributed by atoms with Gasteiger partial charge >= 0.3 is 0 Å². The Bertz CT molecular complexity index is 1510. The lowest BCUT2D eigenvalue weighted by molar-refractivity contribution is 0.293. The number of nitrogens with one attached hydrogen (secondary N) is 1. The van der Waals surface area contributed by atoms with Crippen molar-refractivity contribution in [2.24, 2.45) is 0 Å². The highest BCUT2D eigenvalue weighted by molar-refractivity contribution is 5.94. The fourth-order valence-electron chi connectivity index (χ4n) is 4.23. The van der Waals surface area contributed by atoms with Crippen LogP contribution in [-0.4, -0.2) is 19.9 Å². The first-order chi connectivity index (χ1) is 16.5. The van der Waals surface area contributed by atoms with E-state index < -0.39 is 0 Å². The fraction of sp³-hybridized carbons (Fsp3) is 0.185.